The number of rotatable bonds is 0. The molecule has 2 aromatic carbocycles. The van der Waals surface area contributed by atoms with Crippen LogP contribution in [0.5, 0.6) is 0 Å². The first kappa shape index (κ1) is 10.3. The zero-order valence-corrected chi connectivity index (χ0v) is 10.5. The van der Waals surface area contributed by atoms with Crippen molar-refractivity contribution in [3.63, 3.8) is 0 Å². The van der Waals surface area contributed by atoms with Crippen molar-refractivity contribution in [1.82, 2.24) is 0 Å². The molecule has 0 N–H and O–H groups in total. The van der Waals surface area contributed by atoms with Gasteiger partial charge in [-0.25, -0.2) is 4.57 Å². The average molecular weight is 222 g/mol. The number of aryl methyl sites for hydroxylation is 3. The Kier molecular flexibility index (Phi) is 2.15. The number of hydrogen-bond acceptors (Lipinski definition) is 0. The molecular formula is C16H16N+. The molecule has 0 aliphatic carbocycles. The molecule has 0 spiro atoms. The van der Waals surface area contributed by atoms with Crippen LogP contribution in [0.15, 0.2) is 42.6 Å². The average Bonchev–Trinajstić information content (AvgIpc) is 2.36. The van der Waals surface area contributed by atoms with E-state index in [1.54, 1.807) is 0 Å². The molecule has 0 aliphatic heterocycles. The third-order valence-corrected chi connectivity index (χ3v) is 3.73. The highest BCUT2D eigenvalue weighted by molar-refractivity contribution is 6.06. The lowest BCUT2D eigenvalue weighted by atomic mass is 9.96. The first-order valence-electron chi connectivity index (χ1n) is 5.96. The van der Waals surface area contributed by atoms with Gasteiger partial charge in [0.05, 0.1) is 10.8 Å². The van der Waals surface area contributed by atoms with E-state index in [4.69, 9.17) is 0 Å². The summed E-state index contributed by atoms with van der Waals surface area (Å²) in [6.07, 6.45) is 2.11. The molecule has 1 aromatic heterocycles. The van der Waals surface area contributed by atoms with Crippen molar-refractivity contribution in [2.24, 2.45) is 7.05 Å². The van der Waals surface area contributed by atoms with E-state index in [1.165, 1.54) is 32.8 Å². The molecule has 0 aliphatic rings. The van der Waals surface area contributed by atoms with Crippen molar-refractivity contribution in [1.29, 1.82) is 0 Å². The van der Waals surface area contributed by atoms with Gasteiger partial charge in [0.1, 0.15) is 7.05 Å². The normalized spacial score (nSPS) is 11.2. The van der Waals surface area contributed by atoms with Gasteiger partial charge < -0.3 is 0 Å². The van der Waals surface area contributed by atoms with Crippen molar-refractivity contribution in [3.8, 4) is 0 Å². The lowest BCUT2D eigenvalue weighted by Gasteiger charge is -2.09. The van der Waals surface area contributed by atoms with Crippen LogP contribution >= 0.6 is 0 Å². The summed E-state index contributed by atoms with van der Waals surface area (Å²) in [7, 11) is 2.11. The van der Waals surface area contributed by atoms with Gasteiger partial charge in [0, 0.05) is 6.07 Å². The molecule has 1 nitrogen and oxygen atoms in total. The molecule has 0 unspecified atom stereocenters. The zero-order valence-electron chi connectivity index (χ0n) is 10.5. The predicted octanol–water partition coefficient (Wildman–Crippen LogP) is 3.43. The second kappa shape index (κ2) is 3.56. The standard InChI is InChI=1S/C16H16N/c1-11-12(2)14-9-6-10-17(3)16(14)15-8-5-4-7-13(11)15/h4-10H,1-3H3/q+1. The van der Waals surface area contributed by atoms with Crippen molar-refractivity contribution in [2.45, 2.75) is 13.8 Å². The van der Waals surface area contributed by atoms with Crippen molar-refractivity contribution < 1.29 is 4.57 Å². The van der Waals surface area contributed by atoms with Gasteiger partial charge in [-0.3, -0.25) is 0 Å². The Bertz CT molecular complexity index is 726. The number of aromatic nitrogens is 1. The fourth-order valence-electron chi connectivity index (χ4n) is 2.67. The molecule has 3 rings (SSSR count). The van der Waals surface area contributed by atoms with E-state index in [9.17, 15) is 0 Å². The van der Waals surface area contributed by atoms with Crippen LogP contribution < -0.4 is 4.57 Å². The van der Waals surface area contributed by atoms with E-state index < -0.39 is 0 Å². The number of benzene rings is 2. The Morgan fingerprint density at radius 1 is 0.765 bits per heavy atom. The van der Waals surface area contributed by atoms with E-state index >= 15 is 0 Å². The number of hydrogen-bond donors (Lipinski definition) is 0. The SMILES string of the molecule is Cc1c(C)c2ccc[n+](C)c2c2ccccc12. The molecular weight excluding hydrogens is 206 g/mol. The lowest BCUT2D eigenvalue weighted by molar-refractivity contribution is -0.644. The summed E-state index contributed by atoms with van der Waals surface area (Å²) in [6, 6.07) is 13.0. The third kappa shape index (κ3) is 1.35. The van der Waals surface area contributed by atoms with Crippen LogP contribution in [0.1, 0.15) is 11.1 Å². The van der Waals surface area contributed by atoms with Crippen molar-refractivity contribution in [3.05, 3.63) is 53.7 Å². The molecule has 0 atom stereocenters. The number of pyridine rings is 1. The van der Waals surface area contributed by atoms with Crippen LogP contribution in [0.25, 0.3) is 21.7 Å². The quantitative estimate of drug-likeness (QED) is 0.405. The maximum atomic E-state index is 2.21. The first-order valence-corrected chi connectivity index (χ1v) is 5.96. The maximum absolute atomic E-state index is 2.21. The summed E-state index contributed by atoms with van der Waals surface area (Å²) in [5.41, 5.74) is 4.10. The summed E-state index contributed by atoms with van der Waals surface area (Å²) in [5, 5.41) is 4.05. The van der Waals surface area contributed by atoms with Crippen molar-refractivity contribution >= 4 is 21.7 Å². The first-order chi connectivity index (χ1) is 8.20. The van der Waals surface area contributed by atoms with Gasteiger partial charge in [0.2, 0.25) is 5.52 Å². The monoisotopic (exact) mass is 222 g/mol. The molecule has 0 radical (unpaired) electrons. The summed E-state index contributed by atoms with van der Waals surface area (Å²) >= 11 is 0. The van der Waals surface area contributed by atoms with Gasteiger partial charge in [0.25, 0.3) is 0 Å². The summed E-state index contributed by atoms with van der Waals surface area (Å²) in [4.78, 5) is 0. The van der Waals surface area contributed by atoms with Crippen LogP contribution in [-0.4, -0.2) is 0 Å². The molecule has 17 heavy (non-hydrogen) atoms. The van der Waals surface area contributed by atoms with Gasteiger partial charge in [-0.1, -0.05) is 18.2 Å². The molecule has 3 aromatic rings. The van der Waals surface area contributed by atoms with Gasteiger partial charge >= 0.3 is 0 Å². The molecule has 1 heterocycles. The topological polar surface area (TPSA) is 3.88 Å². The fraction of sp³-hybridized carbons (Fsp3) is 0.188. The van der Waals surface area contributed by atoms with E-state index in [1.807, 2.05) is 0 Å². The highest BCUT2D eigenvalue weighted by Gasteiger charge is 2.14. The molecule has 0 fully saturated rings. The third-order valence-electron chi connectivity index (χ3n) is 3.73. The molecule has 0 amide bonds. The Labute approximate surface area is 101 Å². The van der Waals surface area contributed by atoms with E-state index in [-0.39, 0.29) is 0 Å². The predicted molar refractivity (Wildman–Crippen MR) is 72.1 cm³/mol. The maximum Gasteiger partial charge on any atom is 0.220 e. The second-order valence-electron chi connectivity index (χ2n) is 4.68. The van der Waals surface area contributed by atoms with Crippen molar-refractivity contribution in [2.75, 3.05) is 0 Å². The van der Waals surface area contributed by atoms with Gasteiger partial charge in [0.15, 0.2) is 6.20 Å². The van der Waals surface area contributed by atoms with Gasteiger partial charge in [-0.2, -0.15) is 0 Å². The molecule has 0 bridgehead atoms. The second-order valence-corrected chi connectivity index (χ2v) is 4.68. The minimum absolute atomic E-state index is 1.33. The number of fused-ring (bicyclic) bond motifs is 3. The van der Waals surface area contributed by atoms with Gasteiger partial charge in [-0.05, 0) is 42.5 Å². The van der Waals surface area contributed by atoms with E-state index in [0.717, 1.165) is 0 Å². The molecule has 84 valence electrons. The van der Waals surface area contributed by atoms with Crippen LogP contribution in [0.2, 0.25) is 0 Å². The minimum Gasteiger partial charge on any atom is -0.200 e. The summed E-state index contributed by atoms with van der Waals surface area (Å²) < 4.78 is 2.21. The Morgan fingerprint density at radius 3 is 2.12 bits per heavy atom. The van der Waals surface area contributed by atoms with E-state index in [2.05, 4.69) is 68.1 Å². The van der Waals surface area contributed by atoms with Crippen LogP contribution in [-0.2, 0) is 7.05 Å². The zero-order chi connectivity index (χ0) is 12.0. The Balaban J connectivity index is 2.72. The summed E-state index contributed by atoms with van der Waals surface area (Å²) in [6.45, 7) is 4.42. The molecule has 1 heteroatoms. The smallest absolute Gasteiger partial charge is 0.200 e. The Morgan fingerprint density at radius 2 is 1.35 bits per heavy atom. The highest BCUT2D eigenvalue weighted by Crippen LogP contribution is 2.29. The Hall–Kier alpha value is -1.89. The summed E-state index contributed by atoms with van der Waals surface area (Å²) in [5.74, 6) is 0. The van der Waals surface area contributed by atoms with Crippen LogP contribution in [0, 0.1) is 13.8 Å². The molecule has 0 saturated carbocycles. The molecule has 0 saturated heterocycles. The van der Waals surface area contributed by atoms with Gasteiger partial charge in [-0.15, -0.1) is 0 Å². The highest BCUT2D eigenvalue weighted by atomic mass is 14.9. The minimum atomic E-state index is 1.33. The fourth-order valence-corrected chi connectivity index (χ4v) is 2.67. The number of nitrogens with zero attached hydrogens (tertiary/aromatic N) is 1. The lowest BCUT2D eigenvalue weighted by Crippen LogP contribution is -2.28. The van der Waals surface area contributed by atoms with E-state index in [0.29, 0.717) is 0 Å². The van der Waals surface area contributed by atoms with Crippen LogP contribution in [0.4, 0.5) is 0 Å². The largest absolute Gasteiger partial charge is 0.220 e. The van der Waals surface area contributed by atoms with Crippen LogP contribution in [0.3, 0.4) is 0 Å².